The van der Waals surface area contributed by atoms with E-state index in [0.29, 0.717) is 6.61 Å². The number of hydrogen-bond donors (Lipinski definition) is 0. The van der Waals surface area contributed by atoms with Gasteiger partial charge in [-0.15, -0.1) is 0 Å². The molecule has 112 valence electrons. The summed E-state index contributed by atoms with van der Waals surface area (Å²) in [5.74, 6) is 0.181. The fourth-order valence-electron chi connectivity index (χ4n) is 2.14. The van der Waals surface area contributed by atoms with Crippen molar-refractivity contribution in [3.05, 3.63) is 30.3 Å². The van der Waals surface area contributed by atoms with Crippen molar-refractivity contribution in [2.24, 2.45) is 11.3 Å². The summed E-state index contributed by atoms with van der Waals surface area (Å²) in [7, 11) is 0. The Balaban J connectivity index is 3.10. The van der Waals surface area contributed by atoms with Gasteiger partial charge >= 0.3 is 129 Å². The molecule has 2 atom stereocenters. The molecule has 1 aromatic rings. The van der Waals surface area contributed by atoms with E-state index in [1.807, 2.05) is 25.1 Å². The van der Waals surface area contributed by atoms with Crippen molar-refractivity contribution in [2.75, 3.05) is 6.61 Å². The van der Waals surface area contributed by atoms with Gasteiger partial charge in [0.05, 0.1) is 0 Å². The van der Waals surface area contributed by atoms with Gasteiger partial charge in [0.1, 0.15) is 0 Å². The van der Waals surface area contributed by atoms with E-state index >= 15 is 0 Å². The Hall–Kier alpha value is -0.791. The standard InChI is InChI=1S/C17H26O2Se/c1-7-19-15(18)17(6,13(2)16(3,4)5)20-14-11-9-8-10-12-14/h8-13H,7H2,1-6H3/t13-,17-/m0/s1. The second kappa shape index (κ2) is 6.78. The molecule has 3 heteroatoms. The molecular formula is C17H26O2Se. The van der Waals surface area contributed by atoms with Crippen LogP contribution in [-0.4, -0.2) is 27.5 Å². The average Bonchev–Trinajstić information content (AvgIpc) is 2.38. The number of carbonyl (C=O) groups is 1. The first kappa shape index (κ1) is 17.3. The molecule has 0 aliphatic rings. The van der Waals surface area contributed by atoms with Crippen LogP contribution in [0.15, 0.2) is 30.3 Å². The number of carbonyl (C=O) groups excluding carboxylic acids is 1. The summed E-state index contributed by atoms with van der Waals surface area (Å²) in [6.45, 7) is 13.1. The van der Waals surface area contributed by atoms with Crippen LogP contribution in [0.4, 0.5) is 0 Å². The second-order valence-corrected chi connectivity index (χ2v) is 9.53. The van der Waals surface area contributed by atoms with Gasteiger partial charge in [-0.2, -0.15) is 0 Å². The maximum atomic E-state index is 12.6. The van der Waals surface area contributed by atoms with Crippen molar-refractivity contribution < 1.29 is 9.53 Å². The first-order valence-corrected chi connectivity index (χ1v) is 8.84. The van der Waals surface area contributed by atoms with E-state index in [9.17, 15) is 4.79 Å². The Morgan fingerprint density at radius 3 is 2.20 bits per heavy atom. The van der Waals surface area contributed by atoms with E-state index in [4.69, 9.17) is 4.74 Å². The summed E-state index contributed by atoms with van der Waals surface area (Å²) in [5.41, 5.74) is 0.0675. The van der Waals surface area contributed by atoms with Crippen LogP contribution in [0.2, 0.25) is 4.31 Å². The minimum atomic E-state index is -0.442. The third kappa shape index (κ3) is 4.10. The van der Waals surface area contributed by atoms with Crippen molar-refractivity contribution in [1.29, 1.82) is 0 Å². The molecular weight excluding hydrogens is 315 g/mol. The van der Waals surface area contributed by atoms with Crippen molar-refractivity contribution in [2.45, 2.75) is 45.9 Å². The zero-order valence-corrected chi connectivity index (χ0v) is 15.1. The zero-order valence-electron chi connectivity index (χ0n) is 13.4. The fraction of sp³-hybridized carbons (Fsp3) is 0.588. The molecule has 0 spiro atoms. The topological polar surface area (TPSA) is 26.3 Å². The molecule has 0 aliphatic heterocycles. The summed E-state index contributed by atoms with van der Waals surface area (Å²) < 4.78 is 6.17. The molecule has 0 bridgehead atoms. The molecule has 2 nitrogen and oxygen atoms in total. The van der Waals surface area contributed by atoms with Gasteiger partial charge in [0, 0.05) is 0 Å². The predicted octanol–water partition coefficient (Wildman–Crippen LogP) is 3.44. The van der Waals surface area contributed by atoms with Crippen molar-refractivity contribution in [3.8, 4) is 0 Å². The van der Waals surface area contributed by atoms with Crippen molar-refractivity contribution >= 4 is 25.4 Å². The van der Waals surface area contributed by atoms with Crippen molar-refractivity contribution in [1.82, 2.24) is 0 Å². The molecule has 20 heavy (non-hydrogen) atoms. The van der Waals surface area contributed by atoms with E-state index in [0.717, 1.165) is 0 Å². The number of hydrogen-bond acceptors (Lipinski definition) is 2. The van der Waals surface area contributed by atoms with Crippen molar-refractivity contribution in [3.63, 3.8) is 0 Å². The summed E-state index contributed by atoms with van der Waals surface area (Å²) >= 11 is 0.0488. The molecule has 0 aromatic heterocycles. The molecule has 0 saturated heterocycles. The van der Waals surface area contributed by atoms with Gasteiger partial charge in [0.2, 0.25) is 0 Å². The van der Waals surface area contributed by atoms with E-state index in [2.05, 4.69) is 46.8 Å². The zero-order chi connectivity index (χ0) is 15.4. The van der Waals surface area contributed by atoms with E-state index in [1.165, 1.54) is 4.46 Å². The number of ether oxygens (including phenoxy) is 1. The molecule has 0 aliphatic carbocycles. The molecule has 1 aromatic carbocycles. The monoisotopic (exact) mass is 342 g/mol. The Morgan fingerprint density at radius 1 is 1.20 bits per heavy atom. The predicted molar refractivity (Wildman–Crippen MR) is 85.4 cm³/mol. The minimum absolute atomic E-state index is 0.0488. The molecule has 0 amide bonds. The van der Waals surface area contributed by atoms with E-state index in [-0.39, 0.29) is 32.3 Å². The molecule has 0 unspecified atom stereocenters. The Kier molecular flexibility index (Phi) is 5.85. The van der Waals surface area contributed by atoms with Gasteiger partial charge in [-0.1, -0.05) is 0 Å². The molecule has 0 saturated carbocycles. The molecule has 0 N–H and O–H groups in total. The normalized spacial score (nSPS) is 16.3. The van der Waals surface area contributed by atoms with Gasteiger partial charge in [0.25, 0.3) is 0 Å². The first-order chi connectivity index (χ1) is 9.21. The second-order valence-electron chi connectivity index (χ2n) is 6.33. The van der Waals surface area contributed by atoms with Crippen LogP contribution in [-0.2, 0) is 9.53 Å². The third-order valence-electron chi connectivity index (χ3n) is 3.88. The SMILES string of the molecule is CCOC(=O)[C@@](C)([Se]c1ccccc1)[C@@H](C)C(C)(C)C. The van der Waals surface area contributed by atoms with E-state index in [1.54, 1.807) is 0 Å². The molecule has 0 radical (unpaired) electrons. The summed E-state index contributed by atoms with van der Waals surface area (Å²) in [6, 6.07) is 10.3. The van der Waals surface area contributed by atoms with Gasteiger partial charge in [-0.05, 0) is 0 Å². The molecule has 1 rings (SSSR count). The van der Waals surface area contributed by atoms with Crippen LogP contribution in [0.1, 0.15) is 41.5 Å². The van der Waals surface area contributed by atoms with Crippen LogP contribution in [0, 0.1) is 11.3 Å². The van der Waals surface area contributed by atoms with Crippen LogP contribution < -0.4 is 4.46 Å². The van der Waals surface area contributed by atoms with Gasteiger partial charge in [-0.3, -0.25) is 0 Å². The van der Waals surface area contributed by atoms with E-state index < -0.39 is 4.31 Å². The number of esters is 1. The Labute approximate surface area is 129 Å². The number of rotatable bonds is 5. The van der Waals surface area contributed by atoms with Gasteiger partial charge in [0.15, 0.2) is 0 Å². The Morgan fingerprint density at radius 2 is 1.75 bits per heavy atom. The third-order valence-corrected chi connectivity index (χ3v) is 6.93. The summed E-state index contributed by atoms with van der Waals surface area (Å²) in [4.78, 5) is 12.6. The summed E-state index contributed by atoms with van der Waals surface area (Å²) in [5, 5.41) is 0. The van der Waals surface area contributed by atoms with Gasteiger partial charge in [-0.25, -0.2) is 0 Å². The quantitative estimate of drug-likeness (QED) is 0.606. The number of benzene rings is 1. The van der Waals surface area contributed by atoms with Crippen LogP contribution in [0.5, 0.6) is 0 Å². The Bertz CT molecular complexity index is 436. The molecule has 0 heterocycles. The first-order valence-electron chi connectivity index (χ1n) is 7.13. The van der Waals surface area contributed by atoms with Crippen LogP contribution in [0.3, 0.4) is 0 Å². The summed E-state index contributed by atoms with van der Waals surface area (Å²) in [6.07, 6.45) is 0. The molecule has 0 fully saturated rings. The average molecular weight is 341 g/mol. The van der Waals surface area contributed by atoms with Crippen LogP contribution >= 0.6 is 0 Å². The fourth-order valence-corrected chi connectivity index (χ4v) is 5.19. The maximum absolute atomic E-state index is 12.6. The van der Waals surface area contributed by atoms with Gasteiger partial charge < -0.3 is 0 Å². The van der Waals surface area contributed by atoms with Crippen LogP contribution in [0.25, 0.3) is 0 Å².